The Balaban J connectivity index is 1.26. The summed E-state index contributed by atoms with van der Waals surface area (Å²) in [5, 5.41) is 22.2. The molecule has 5 aliphatic carbocycles. The lowest BCUT2D eigenvalue weighted by Gasteiger charge is -2.68. The fourth-order valence-corrected chi connectivity index (χ4v) is 13.2. The first kappa shape index (κ1) is 43.0. The summed E-state index contributed by atoms with van der Waals surface area (Å²) in [6, 6.07) is 6.65. The molecule has 56 heavy (non-hydrogen) atoms. The zero-order valence-electron chi connectivity index (χ0n) is 36.1. The number of benzene rings is 1. The van der Waals surface area contributed by atoms with Crippen molar-refractivity contribution in [2.24, 2.45) is 56.7 Å². The minimum Gasteiger partial charge on any atom is -0.481 e. The topological polar surface area (TPSA) is 107 Å². The molecule has 0 radical (unpaired) electrons. The number of aliphatic hydroxyl groups excluding tert-OH is 1. The van der Waals surface area contributed by atoms with E-state index in [1.165, 1.54) is 17.7 Å². The van der Waals surface area contributed by atoms with Gasteiger partial charge in [0.25, 0.3) is 0 Å². The van der Waals surface area contributed by atoms with Crippen LogP contribution in [0.25, 0.3) is 0 Å². The van der Waals surface area contributed by atoms with Crippen LogP contribution in [0.1, 0.15) is 125 Å². The number of nitrogens with zero attached hydrogens (tertiary/aromatic N) is 2. The molecule has 0 heterocycles. The van der Waals surface area contributed by atoms with Crippen molar-refractivity contribution >= 4 is 17.7 Å². The number of carbonyl (C=O) groups excluding carboxylic acids is 2. The predicted octanol–water partition coefficient (Wildman–Crippen LogP) is 8.55. The molecule has 9 heteroatoms. The Morgan fingerprint density at radius 2 is 1.57 bits per heavy atom. The van der Waals surface area contributed by atoms with Crippen LogP contribution in [0, 0.1) is 62.5 Å². The molecule has 312 valence electrons. The SMILES string of the molecule is CC(C)C1=C2[C@H]3CC[C@H]4[C@@H](CC[C@H]5C(C)(C)[C@@H](OC(=O)CC(C)(C)C(=O)O)CC[C@]45C)[C@]3(C)CC[C@@]2([C@@H](O)CN(CCN(C)C)Cc2ccc(F)cc2)CC1=O. The second kappa shape index (κ2) is 15.5. The van der Waals surface area contributed by atoms with Gasteiger partial charge in [0.1, 0.15) is 11.9 Å². The number of esters is 1. The van der Waals surface area contributed by atoms with Crippen LogP contribution in [-0.2, 0) is 25.7 Å². The van der Waals surface area contributed by atoms with Gasteiger partial charge in [0.05, 0.1) is 17.9 Å². The number of likely N-dealkylation sites (N-methyl/N-ethyl adjacent to an activating group) is 1. The molecule has 6 rings (SSSR count). The molecule has 4 saturated carbocycles. The van der Waals surface area contributed by atoms with Crippen LogP contribution in [0.15, 0.2) is 35.4 Å². The summed E-state index contributed by atoms with van der Waals surface area (Å²) in [7, 11) is 4.10. The minimum absolute atomic E-state index is 0.00873. The summed E-state index contributed by atoms with van der Waals surface area (Å²) in [5.74, 6) is 0.245. The summed E-state index contributed by atoms with van der Waals surface area (Å²) in [5.41, 5.74) is 1.35. The summed E-state index contributed by atoms with van der Waals surface area (Å²) >= 11 is 0. The molecule has 8 nitrogen and oxygen atoms in total. The first-order valence-corrected chi connectivity index (χ1v) is 21.6. The minimum atomic E-state index is -1.17. The van der Waals surface area contributed by atoms with E-state index in [2.05, 4.69) is 65.4 Å². The van der Waals surface area contributed by atoms with Gasteiger partial charge in [0, 0.05) is 43.4 Å². The maximum atomic E-state index is 14.2. The van der Waals surface area contributed by atoms with Crippen molar-refractivity contribution in [3.05, 3.63) is 46.8 Å². The largest absolute Gasteiger partial charge is 0.481 e. The Morgan fingerprint density at radius 3 is 2.20 bits per heavy atom. The van der Waals surface area contributed by atoms with Gasteiger partial charge in [-0.15, -0.1) is 0 Å². The second-order valence-corrected chi connectivity index (χ2v) is 21.1. The zero-order valence-corrected chi connectivity index (χ0v) is 36.1. The average molecular weight is 779 g/mol. The molecule has 5 aliphatic rings. The zero-order chi connectivity index (χ0) is 41.2. The first-order chi connectivity index (χ1) is 26.1. The van der Waals surface area contributed by atoms with Gasteiger partial charge in [-0.3, -0.25) is 19.3 Å². The maximum absolute atomic E-state index is 14.2. The number of Topliss-reactive ketones (excluding diaryl/α,β-unsaturated/α-hetero) is 1. The van der Waals surface area contributed by atoms with Crippen LogP contribution in [0.3, 0.4) is 0 Å². The lowest BCUT2D eigenvalue weighted by atomic mass is 9.37. The fourth-order valence-electron chi connectivity index (χ4n) is 13.2. The molecule has 0 saturated heterocycles. The number of carbonyl (C=O) groups is 3. The Bertz CT molecular complexity index is 1680. The van der Waals surface area contributed by atoms with E-state index < -0.39 is 28.9 Å². The first-order valence-electron chi connectivity index (χ1n) is 21.6. The van der Waals surface area contributed by atoms with Gasteiger partial charge in [-0.05, 0) is 143 Å². The molecule has 0 bridgehead atoms. The van der Waals surface area contributed by atoms with Gasteiger partial charge >= 0.3 is 11.9 Å². The van der Waals surface area contributed by atoms with Crippen LogP contribution in [0.2, 0.25) is 0 Å². The van der Waals surface area contributed by atoms with E-state index >= 15 is 0 Å². The van der Waals surface area contributed by atoms with Crippen LogP contribution in [-0.4, -0.2) is 83.7 Å². The third-order valence-corrected chi connectivity index (χ3v) is 16.3. The van der Waals surface area contributed by atoms with Crippen molar-refractivity contribution in [2.75, 3.05) is 33.7 Å². The molecule has 4 fully saturated rings. The number of aliphatic hydroxyl groups is 1. The number of carboxylic acid groups (broad SMARTS) is 1. The third kappa shape index (κ3) is 7.56. The van der Waals surface area contributed by atoms with Crippen LogP contribution >= 0.6 is 0 Å². The van der Waals surface area contributed by atoms with Crippen molar-refractivity contribution < 1.29 is 33.7 Å². The van der Waals surface area contributed by atoms with E-state index in [0.717, 1.165) is 75.6 Å². The number of ketones is 1. The number of ether oxygens (including phenoxy) is 1. The van der Waals surface area contributed by atoms with Gasteiger partial charge < -0.3 is 19.8 Å². The maximum Gasteiger partial charge on any atom is 0.309 e. The van der Waals surface area contributed by atoms with Gasteiger partial charge in [-0.1, -0.05) is 59.2 Å². The lowest BCUT2D eigenvalue weighted by Crippen LogP contribution is -2.62. The molecule has 2 N–H and O–H groups in total. The van der Waals surface area contributed by atoms with Crippen molar-refractivity contribution in [1.82, 2.24) is 9.80 Å². The molecule has 0 spiro atoms. The van der Waals surface area contributed by atoms with Crippen LogP contribution in [0.4, 0.5) is 4.39 Å². The van der Waals surface area contributed by atoms with E-state index in [0.29, 0.717) is 37.3 Å². The number of aliphatic carboxylic acids is 1. The molecule has 0 aromatic heterocycles. The van der Waals surface area contributed by atoms with Gasteiger partial charge in [0.15, 0.2) is 5.78 Å². The molecule has 0 unspecified atom stereocenters. The van der Waals surface area contributed by atoms with Crippen molar-refractivity contribution in [1.29, 1.82) is 0 Å². The smallest absolute Gasteiger partial charge is 0.309 e. The molecular weight excluding hydrogens is 708 g/mol. The highest BCUT2D eigenvalue weighted by atomic mass is 19.1. The predicted molar refractivity (Wildman–Crippen MR) is 217 cm³/mol. The summed E-state index contributed by atoms with van der Waals surface area (Å²) in [4.78, 5) is 43.5. The molecule has 9 atom stereocenters. The van der Waals surface area contributed by atoms with Crippen LogP contribution in [0.5, 0.6) is 0 Å². The van der Waals surface area contributed by atoms with Gasteiger partial charge in [-0.25, -0.2) is 4.39 Å². The van der Waals surface area contributed by atoms with E-state index in [1.807, 2.05) is 12.1 Å². The van der Waals surface area contributed by atoms with Crippen LogP contribution < -0.4 is 0 Å². The fraction of sp³-hybridized carbons (Fsp3) is 0.766. The lowest BCUT2D eigenvalue weighted by molar-refractivity contribution is -0.205. The molecule has 0 amide bonds. The summed E-state index contributed by atoms with van der Waals surface area (Å²) < 4.78 is 20.0. The average Bonchev–Trinajstić information content (AvgIpc) is 3.42. The number of hydrogen-bond acceptors (Lipinski definition) is 7. The third-order valence-electron chi connectivity index (χ3n) is 16.3. The Kier molecular flexibility index (Phi) is 11.9. The highest BCUT2D eigenvalue weighted by Gasteiger charge is 2.67. The number of carboxylic acids is 1. The van der Waals surface area contributed by atoms with Gasteiger partial charge in [-0.2, -0.15) is 0 Å². The normalized spacial score (nSPS) is 34.6. The van der Waals surface area contributed by atoms with Crippen molar-refractivity contribution in [3.63, 3.8) is 0 Å². The highest BCUT2D eigenvalue weighted by Crippen LogP contribution is 2.73. The molecule has 1 aromatic carbocycles. The van der Waals surface area contributed by atoms with Crippen molar-refractivity contribution in [3.8, 4) is 0 Å². The van der Waals surface area contributed by atoms with E-state index in [-0.39, 0.29) is 52.2 Å². The van der Waals surface area contributed by atoms with E-state index in [4.69, 9.17) is 4.74 Å². The summed E-state index contributed by atoms with van der Waals surface area (Å²) in [6.45, 7) is 19.6. The standard InChI is InChI=1S/C47H71FN2O6/c1-29(2)40-35(51)25-47(37(52)28-50(24-23-49(9)10)27-30-11-13-31(48)14-12-30)22-21-45(7)32-17-18-36-44(5,6)38(56-39(53)26-43(3,4)42(54)55)19-20-46(36,8)33(32)15-16-34(45)41(40)47/h11-14,29,32-34,36-38,52H,15-28H2,1-10H3,(H,54,55)/t32-,33+,34-,36+,37+,38+,45+,46-,47+/m1/s1. The summed E-state index contributed by atoms with van der Waals surface area (Å²) in [6.07, 6.45) is 7.07. The second-order valence-electron chi connectivity index (χ2n) is 21.1. The Hall–Kier alpha value is -2.62. The number of fused-ring (bicyclic) bond motifs is 7. The Morgan fingerprint density at radius 1 is 0.929 bits per heavy atom. The number of halogens is 1. The van der Waals surface area contributed by atoms with E-state index in [9.17, 15) is 29.0 Å². The van der Waals surface area contributed by atoms with Gasteiger partial charge in [0.2, 0.25) is 0 Å². The number of hydrogen-bond donors (Lipinski definition) is 2. The highest BCUT2D eigenvalue weighted by molar-refractivity contribution is 6.00. The molecule has 1 aromatic rings. The molecular formula is C47H71FN2O6. The number of allylic oxidation sites excluding steroid dienone is 1. The number of rotatable bonds is 13. The Labute approximate surface area is 336 Å². The quantitative estimate of drug-likeness (QED) is 0.192. The monoisotopic (exact) mass is 779 g/mol. The molecule has 0 aliphatic heterocycles. The van der Waals surface area contributed by atoms with Crippen molar-refractivity contribution in [2.45, 2.75) is 138 Å². The van der Waals surface area contributed by atoms with E-state index in [1.54, 1.807) is 13.8 Å².